The van der Waals surface area contributed by atoms with E-state index in [1.165, 1.54) is 6.07 Å². The van der Waals surface area contributed by atoms with Crippen molar-refractivity contribution in [3.8, 4) is 0 Å². The summed E-state index contributed by atoms with van der Waals surface area (Å²) < 4.78 is 38.2. The second-order valence-corrected chi connectivity index (χ2v) is 4.50. The first-order valence-corrected chi connectivity index (χ1v) is 6.03. The van der Waals surface area contributed by atoms with Crippen molar-refractivity contribution in [2.24, 2.45) is 0 Å². The van der Waals surface area contributed by atoms with Crippen LogP contribution in [0.2, 0.25) is 0 Å². The van der Waals surface area contributed by atoms with Gasteiger partial charge in [0.2, 0.25) is 0 Å². The molecule has 0 bridgehead atoms. The number of aromatic amines is 1. The highest BCUT2D eigenvalue weighted by Crippen LogP contribution is 2.33. The maximum Gasteiger partial charge on any atom is 0.418 e. The molecule has 0 atom stereocenters. The molecule has 0 aliphatic heterocycles. The highest BCUT2D eigenvalue weighted by molar-refractivity contribution is 5.94. The Labute approximate surface area is 118 Å². The lowest BCUT2D eigenvalue weighted by Crippen LogP contribution is -2.23. The second-order valence-electron chi connectivity index (χ2n) is 4.50. The van der Waals surface area contributed by atoms with Crippen LogP contribution >= 0.6 is 0 Å². The number of alkyl halides is 3. The van der Waals surface area contributed by atoms with Gasteiger partial charge in [-0.1, -0.05) is 0 Å². The molecule has 2 aromatic rings. The number of anilines is 1. The average Bonchev–Trinajstić information content (AvgIpc) is 2.80. The third-order valence-electron chi connectivity index (χ3n) is 2.99. The van der Waals surface area contributed by atoms with Gasteiger partial charge in [-0.25, -0.2) is 0 Å². The van der Waals surface area contributed by atoms with Gasteiger partial charge in [-0.05, 0) is 25.1 Å². The maximum atomic E-state index is 12.7. The molecule has 0 aliphatic carbocycles. The van der Waals surface area contributed by atoms with Crippen molar-refractivity contribution >= 4 is 11.6 Å². The minimum absolute atomic E-state index is 0.0994. The molecule has 21 heavy (non-hydrogen) atoms. The van der Waals surface area contributed by atoms with E-state index in [1.54, 1.807) is 13.1 Å². The van der Waals surface area contributed by atoms with Crippen molar-refractivity contribution < 1.29 is 18.0 Å². The molecule has 112 valence electrons. The summed E-state index contributed by atoms with van der Waals surface area (Å²) in [7, 11) is 0. The van der Waals surface area contributed by atoms with E-state index < -0.39 is 23.3 Å². The number of carbonyl (C=O) groups is 1. The molecular weight excluding hydrogens is 285 g/mol. The first-order chi connectivity index (χ1) is 9.79. The number of halogens is 3. The summed E-state index contributed by atoms with van der Waals surface area (Å²) in [4.78, 5) is 11.9. The van der Waals surface area contributed by atoms with Crippen LogP contribution in [0.15, 0.2) is 24.4 Å². The van der Waals surface area contributed by atoms with Crippen molar-refractivity contribution in [2.45, 2.75) is 19.6 Å². The van der Waals surface area contributed by atoms with Gasteiger partial charge in [-0.3, -0.25) is 9.89 Å². The molecule has 0 radical (unpaired) electrons. The standard InChI is InChI=1S/C13H13F3N4O/c1-7-9(6-19-20-7)5-18-12(21)8-2-3-11(17)10(4-8)13(14,15)16/h2-4,6H,5,17H2,1H3,(H,18,21)(H,19,20). The van der Waals surface area contributed by atoms with Crippen LogP contribution in [-0.4, -0.2) is 16.1 Å². The molecule has 1 aromatic carbocycles. The molecule has 1 heterocycles. The Bertz CT molecular complexity index is 664. The van der Waals surface area contributed by atoms with E-state index in [1.807, 2.05) is 0 Å². The number of nitrogens with two attached hydrogens (primary N) is 1. The van der Waals surface area contributed by atoms with E-state index in [4.69, 9.17) is 5.73 Å². The lowest BCUT2D eigenvalue weighted by atomic mass is 10.1. The van der Waals surface area contributed by atoms with Crippen molar-refractivity contribution in [1.82, 2.24) is 15.5 Å². The van der Waals surface area contributed by atoms with Crippen LogP contribution in [0, 0.1) is 6.92 Å². The second kappa shape index (κ2) is 5.47. The fourth-order valence-electron chi connectivity index (χ4n) is 1.77. The normalized spacial score (nSPS) is 11.4. The molecule has 0 unspecified atom stereocenters. The Morgan fingerprint density at radius 2 is 2.14 bits per heavy atom. The van der Waals surface area contributed by atoms with Crippen LogP contribution in [0.25, 0.3) is 0 Å². The van der Waals surface area contributed by atoms with Gasteiger partial charge in [0.05, 0.1) is 11.8 Å². The fourth-order valence-corrected chi connectivity index (χ4v) is 1.77. The lowest BCUT2D eigenvalue weighted by Gasteiger charge is -2.11. The Kier molecular flexibility index (Phi) is 3.88. The molecule has 5 nitrogen and oxygen atoms in total. The van der Waals surface area contributed by atoms with Crippen LogP contribution in [0.1, 0.15) is 27.2 Å². The van der Waals surface area contributed by atoms with Crippen molar-refractivity contribution in [3.63, 3.8) is 0 Å². The zero-order chi connectivity index (χ0) is 15.6. The molecule has 0 spiro atoms. The number of benzene rings is 1. The van der Waals surface area contributed by atoms with Crippen LogP contribution in [0.4, 0.5) is 18.9 Å². The molecule has 0 saturated carbocycles. The summed E-state index contributed by atoms with van der Waals surface area (Å²) in [6, 6.07) is 3.07. The number of hydrogen-bond donors (Lipinski definition) is 3. The number of aryl methyl sites for hydroxylation is 1. The number of amides is 1. The van der Waals surface area contributed by atoms with Crippen molar-refractivity contribution in [3.05, 3.63) is 46.8 Å². The molecule has 0 saturated heterocycles. The SMILES string of the molecule is Cc1[nH]ncc1CNC(=O)c1ccc(N)c(C(F)(F)F)c1. The van der Waals surface area contributed by atoms with Crippen LogP contribution in [-0.2, 0) is 12.7 Å². The molecule has 1 aromatic heterocycles. The van der Waals surface area contributed by atoms with E-state index in [2.05, 4.69) is 15.5 Å². The van der Waals surface area contributed by atoms with Gasteiger partial charge in [0.25, 0.3) is 5.91 Å². The number of nitrogens with zero attached hydrogens (tertiary/aromatic N) is 1. The van der Waals surface area contributed by atoms with E-state index in [-0.39, 0.29) is 12.1 Å². The molecule has 4 N–H and O–H groups in total. The van der Waals surface area contributed by atoms with Crippen LogP contribution < -0.4 is 11.1 Å². The van der Waals surface area contributed by atoms with E-state index >= 15 is 0 Å². The quantitative estimate of drug-likeness (QED) is 0.760. The topological polar surface area (TPSA) is 83.8 Å². The molecule has 1 amide bonds. The number of nitrogens with one attached hydrogen (secondary N) is 2. The fraction of sp³-hybridized carbons (Fsp3) is 0.231. The number of carbonyl (C=O) groups excluding carboxylic acids is 1. The Morgan fingerprint density at radius 1 is 1.43 bits per heavy atom. The van der Waals surface area contributed by atoms with Gasteiger partial charge < -0.3 is 11.1 Å². The molecular formula is C13H13F3N4O. The Hall–Kier alpha value is -2.51. The zero-order valence-corrected chi connectivity index (χ0v) is 11.1. The van der Waals surface area contributed by atoms with Crippen molar-refractivity contribution in [2.75, 3.05) is 5.73 Å². The molecule has 2 rings (SSSR count). The maximum absolute atomic E-state index is 12.7. The molecule has 0 aliphatic rings. The molecule has 0 fully saturated rings. The van der Waals surface area contributed by atoms with Crippen molar-refractivity contribution in [1.29, 1.82) is 0 Å². The smallest absolute Gasteiger partial charge is 0.398 e. The summed E-state index contributed by atoms with van der Waals surface area (Å²) in [5, 5.41) is 9.02. The number of hydrogen-bond acceptors (Lipinski definition) is 3. The zero-order valence-electron chi connectivity index (χ0n) is 11.1. The van der Waals surface area contributed by atoms with E-state index in [0.717, 1.165) is 23.4 Å². The van der Waals surface area contributed by atoms with Gasteiger partial charge in [0.1, 0.15) is 0 Å². The van der Waals surface area contributed by atoms with Gasteiger partial charge in [0, 0.05) is 29.1 Å². The van der Waals surface area contributed by atoms with E-state index in [9.17, 15) is 18.0 Å². The third kappa shape index (κ3) is 3.33. The predicted octanol–water partition coefficient (Wildman–Crippen LogP) is 2.25. The van der Waals surface area contributed by atoms with Gasteiger partial charge in [-0.15, -0.1) is 0 Å². The predicted molar refractivity (Wildman–Crippen MR) is 70.4 cm³/mol. The monoisotopic (exact) mass is 298 g/mol. The Morgan fingerprint density at radius 3 is 2.71 bits per heavy atom. The van der Waals surface area contributed by atoms with Gasteiger partial charge in [-0.2, -0.15) is 18.3 Å². The first-order valence-electron chi connectivity index (χ1n) is 6.03. The summed E-state index contributed by atoms with van der Waals surface area (Å²) in [5.74, 6) is -0.610. The summed E-state index contributed by atoms with van der Waals surface area (Å²) >= 11 is 0. The minimum atomic E-state index is -4.60. The number of aromatic nitrogens is 2. The Balaban J connectivity index is 2.15. The summed E-state index contributed by atoms with van der Waals surface area (Å²) in [6.07, 6.45) is -3.05. The number of H-pyrrole nitrogens is 1. The molecule has 8 heteroatoms. The highest BCUT2D eigenvalue weighted by Gasteiger charge is 2.33. The number of rotatable bonds is 3. The van der Waals surface area contributed by atoms with Crippen LogP contribution in [0.3, 0.4) is 0 Å². The van der Waals surface area contributed by atoms with E-state index in [0.29, 0.717) is 0 Å². The summed E-state index contributed by atoms with van der Waals surface area (Å²) in [5.41, 5.74) is 5.29. The number of nitrogen functional groups attached to an aromatic ring is 1. The summed E-state index contributed by atoms with van der Waals surface area (Å²) in [6.45, 7) is 1.95. The largest absolute Gasteiger partial charge is 0.418 e. The lowest BCUT2D eigenvalue weighted by molar-refractivity contribution is -0.136. The average molecular weight is 298 g/mol. The van der Waals surface area contributed by atoms with Crippen LogP contribution in [0.5, 0.6) is 0 Å². The van der Waals surface area contributed by atoms with Gasteiger partial charge >= 0.3 is 6.18 Å². The van der Waals surface area contributed by atoms with Gasteiger partial charge in [0.15, 0.2) is 0 Å². The highest BCUT2D eigenvalue weighted by atomic mass is 19.4. The third-order valence-corrected chi connectivity index (χ3v) is 2.99. The first kappa shape index (κ1) is 14.9. The minimum Gasteiger partial charge on any atom is -0.398 e.